The fraction of sp³-hybridized carbons (Fsp3) is 0.793. The first-order valence-electron chi connectivity index (χ1n) is 14.0. The Hall–Kier alpha value is -1.31. The number of hydrogen-bond donors (Lipinski definition) is 3. The van der Waals surface area contributed by atoms with Gasteiger partial charge in [0.2, 0.25) is 11.8 Å². The van der Waals surface area contributed by atoms with Gasteiger partial charge in [-0.15, -0.1) is 0 Å². The van der Waals surface area contributed by atoms with Crippen LogP contribution >= 0.6 is 11.8 Å². The number of nitrogens with zero attached hydrogens (tertiary/aromatic N) is 1. The van der Waals surface area contributed by atoms with E-state index in [4.69, 9.17) is 11.5 Å². The van der Waals surface area contributed by atoms with Crippen LogP contribution in [-0.2, 0) is 9.59 Å². The third-order valence-electron chi connectivity index (χ3n) is 5.78. The van der Waals surface area contributed by atoms with Gasteiger partial charge in [-0.1, -0.05) is 70.8 Å². The third kappa shape index (κ3) is 21.9. The fourth-order valence-electron chi connectivity index (χ4n) is 3.74. The van der Waals surface area contributed by atoms with Crippen molar-refractivity contribution in [1.82, 2.24) is 10.2 Å². The molecule has 7 heteroatoms. The van der Waals surface area contributed by atoms with Crippen LogP contribution in [0.1, 0.15) is 98.3 Å². The van der Waals surface area contributed by atoms with E-state index in [1.165, 1.54) is 45.4 Å². The Kier molecular flexibility index (Phi) is 22.0. The number of nitrogens with one attached hydrogen (secondary N) is 1. The summed E-state index contributed by atoms with van der Waals surface area (Å²) in [5.74, 6) is 1.44. The van der Waals surface area contributed by atoms with Crippen molar-refractivity contribution in [3.05, 3.63) is 24.3 Å². The number of nitrogens with two attached hydrogens (primary N) is 2. The van der Waals surface area contributed by atoms with Crippen LogP contribution in [0, 0.1) is 5.41 Å². The minimum Gasteiger partial charge on any atom is -0.344 e. The van der Waals surface area contributed by atoms with Gasteiger partial charge < -0.3 is 21.7 Å². The van der Waals surface area contributed by atoms with Crippen molar-refractivity contribution in [2.24, 2.45) is 16.9 Å². The lowest BCUT2D eigenvalue weighted by molar-refractivity contribution is -0.135. The Morgan fingerprint density at radius 3 is 2.03 bits per heavy atom. The van der Waals surface area contributed by atoms with Crippen LogP contribution in [0.5, 0.6) is 0 Å². The number of carbonyl (C=O) groups excluding carboxylic acids is 2. The molecule has 5 N–H and O–H groups in total. The summed E-state index contributed by atoms with van der Waals surface area (Å²) in [4.78, 5) is 26.5. The van der Waals surface area contributed by atoms with E-state index in [1.54, 1.807) is 16.7 Å². The maximum absolute atomic E-state index is 13.0. The van der Waals surface area contributed by atoms with E-state index >= 15 is 0 Å². The van der Waals surface area contributed by atoms with Gasteiger partial charge in [0.1, 0.15) is 6.04 Å². The number of thioether (sulfide) groups is 1. The molecule has 0 saturated carbocycles. The molecule has 0 aromatic heterocycles. The van der Waals surface area contributed by atoms with Crippen LogP contribution in [0.3, 0.4) is 0 Å². The van der Waals surface area contributed by atoms with Gasteiger partial charge in [0.15, 0.2) is 0 Å². The van der Waals surface area contributed by atoms with Crippen molar-refractivity contribution in [2.45, 2.75) is 104 Å². The summed E-state index contributed by atoms with van der Waals surface area (Å²) in [7, 11) is 0. The van der Waals surface area contributed by atoms with Gasteiger partial charge in [-0.3, -0.25) is 9.59 Å². The van der Waals surface area contributed by atoms with Gasteiger partial charge >= 0.3 is 0 Å². The van der Waals surface area contributed by atoms with E-state index in [0.29, 0.717) is 37.3 Å². The molecule has 0 aliphatic carbocycles. The molecule has 0 aliphatic rings. The maximum Gasteiger partial charge on any atom is 0.246 e. The van der Waals surface area contributed by atoms with E-state index < -0.39 is 6.04 Å². The van der Waals surface area contributed by atoms with Crippen LogP contribution < -0.4 is 16.8 Å². The van der Waals surface area contributed by atoms with Crippen molar-refractivity contribution in [2.75, 3.05) is 37.7 Å². The summed E-state index contributed by atoms with van der Waals surface area (Å²) in [5, 5.41) is 2.85. The van der Waals surface area contributed by atoms with E-state index in [1.807, 2.05) is 0 Å². The topological polar surface area (TPSA) is 101 Å². The zero-order valence-corrected chi connectivity index (χ0v) is 24.6. The number of unbranched alkanes of at least 4 members (excludes halogenated alkanes) is 6. The Labute approximate surface area is 226 Å². The molecule has 2 amide bonds. The van der Waals surface area contributed by atoms with Crippen molar-refractivity contribution in [1.29, 1.82) is 0 Å². The van der Waals surface area contributed by atoms with Crippen molar-refractivity contribution in [3.63, 3.8) is 0 Å². The molecule has 0 aliphatic heterocycles. The van der Waals surface area contributed by atoms with E-state index in [9.17, 15) is 9.59 Å². The number of carbonyl (C=O) groups is 2. The number of allylic oxidation sites excluding steroid dienone is 4. The molecule has 0 radical (unpaired) electrons. The lowest BCUT2D eigenvalue weighted by Crippen LogP contribution is -2.50. The average molecular weight is 525 g/mol. The molecule has 0 bridgehead atoms. The number of hydrogen-bond acceptors (Lipinski definition) is 5. The smallest absolute Gasteiger partial charge is 0.246 e. The summed E-state index contributed by atoms with van der Waals surface area (Å²) in [6.07, 6.45) is 21.5. The Balaban J connectivity index is 4.00. The molecule has 0 aromatic rings. The van der Waals surface area contributed by atoms with Gasteiger partial charge in [0.05, 0.1) is 0 Å². The number of rotatable bonds is 22. The fourth-order valence-corrected chi connectivity index (χ4v) is 4.77. The molecule has 0 spiro atoms. The first kappa shape index (κ1) is 34.7. The molecule has 36 heavy (non-hydrogen) atoms. The molecule has 0 fully saturated rings. The molecular weight excluding hydrogens is 468 g/mol. The highest BCUT2D eigenvalue weighted by Crippen LogP contribution is 2.18. The van der Waals surface area contributed by atoms with Gasteiger partial charge in [-0.05, 0) is 69.2 Å². The number of amides is 2. The predicted octanol–water partition coefficient (Wildman–Crippen LogP) is 5.42. The summed E-state index contributed by atoms with van der Waals surface area (Å²) >= 11 is 1.75. The minimum absolute atomic E-state index is 0.0189. The van der Waals surface area contributed by atoms with E-state index in [0.717, 1.165) is 37.9 Å². The lowest BCUT2D eigenvalue weighted by Gasteiger charge is -2.27. The van der Waals surface area contributed by atoms with Gasteiger partial charge in [-0.25, -0.2) is 0 Å². The second kappa shape index (κ2) is 22.9. The molecule has 210 valence electrons. The van der Waals surface area contributed by atoms with Crippen molar-refractivity contribution >= 4 is 23.6 Å². The summed E-state index contributed by atoms with van der Waals surface area (Å²) in [5.41, 5.74) is 11.6. The second-order valence-electron chi connectivity index (χ2n) is 10.8. The van der Waals surface area contributed by atoms with Crippen molar-refractivity contribution in [3.8, 4) is 0 Å². The Bertz CT molecular complexity index is 609. The monoisotopic (exact) mass is 524 g/mol. The maximum atomic E-state index is 13.0. The second-order valence-corrected chi connectivity index (χ2v) is 11.9. The van der Waals surface area contributed by atoms with E-state index in [2.05, 4.69) is 50.4 Å². The largest absolute Gasteiger partial charge is 0.344 e. The van der Waals surface area contributed by atoms with Crippen LogP contribution in [0.25, 0.3) is 0 Å². The molecule has 0 unspecified atom stereocenters. The highest BCUT2D eigenvalue weighted by Gasteiger charge is 2.24. The molecular formula is C29H56N4O2S. The summed E-state index contributed by atoms with van der Waals surface area (Å²) < 4.78 is 0. The third-order valence-corrected chi connectivity index (χ3v) is 6.93. The molecule has 0 aromatic carbocycles. The Morgan fingerprint density at radius 2 is 1.44 bits per heavy atom. The lowest BCUT2D eigenvalue weighted by atomic mass is 9.92. The molecule has 0 saturated heterocycles. The van der Waals surface area contributed by atoms with Crippen LogP contribution in [0.4, 0.5) is 0 Å². The average Bonchev–Trinajstić information content (AvgIpc) is 2.81. The zero-order chi connectivity index (χ0) is 27.1. The summed E-state index contributed by atoms with van der Waals surface area (Å²) in [6.45, 7) is 10.6. The molecule has 6 nitrogen and oxygen atoms in total. The molecule has 1 atom stereocenters. The summed E-state index contributed by atoms with van der Waals surface area (Å²) in [6, 6.07) is -0.481. The quantitative estimate of drug-likeness (QED) is 0.130. The minimum atomic E-state index is -0.481. The normalized spacial score (nSPS) is 12.9. The SMILES string of the molecule is CC(=O)N[C@H](CSCCCCCCCC/C=C\C/C=C\CC(C)(C)C)C(=O)N(CCCN)CCCN. The van der Waals surface area contributed by atoms with E-state index in [-0.39, 0.29) is 11.8 Å². The molecule has 0 rings (SSSR count). The highest BCUT2D eigenvalue weighted by atomic mass is 32.2. The van der Waals surface area contributed by atoms with Gasteiger partial charge in [0, 0.05) is 25.8 Å². The van der Waals surface area contributed by atoms with Gasteiger partial charge in [-0.2, -0.15) is 11.8 Å². The van der Waals surface area contributed by atoms with Crippen LogP contribution in [0.2, 0.25) is 0 Å². The van der Waals surface area contributed by atoms with Crippen LogP contribution in [0.15, 0.2) is 24.3 Å². The first-order valence-corrected chi connectivity index (χ1v) is 15.2. The first-order chi connectivity index (χ1) is 17.2. The molecule has 0 heterocycles. The van der Waals surface area contributed by atoms with Crippen molar-refractivity contribution < 1.29 is 9.59 Å². The Morgan fingerprint density at radius 1 is 0.861 bits per heavy atom. The standard InChI is InChI=1S/C29H56N4O2S/c1-26(34)32-27(28(35)33(22-17-20-30)23-18-21-31)25-36-24-16-14-12-10-8-6-5-7-9-11-13-15-19-29(2,3)4/h7,9,13,15,27H,5-6,8,10-12,14,16-25,30-31H2,1-4H3,(H,32,34)/b9-7-,15-13-/t27-/m1/s1. The zero-order valence-electron chi connectivity index (χ0n) is 23.7. The van der Waals surface area contributed by atoms with Gasteiger partial charge in [0.25, 0.3) is 0 Å². The highest BCUT2D eigenvalue weighted by molar-refractivity contribution is 7.99. The predicted molar refractivity (Wildman–Crippen MR) is 158 cm³/mol. The van der Waals surface area contributed by atoms with Crippen LogP contribution in [-0.4, -0.2) is 60.4 Å².